The van der Waals surface area contributed by atoms with Crippen molar-refractivity contribution in [1.29, 1.82) is 0 Å². The monoisotopic (exact) mass is 476 g/mol. The molecule has 162 valence electrons. The first-order chi connectivity index (χ1) is 14.9. The van der Waals surface area contributed by atoms with Crippen LogP contribution in [-0.2, 0) is 10.0 Å². The van der Waals surface area contributed by atoms with Gasteiger partial charge < -0.3 is 4.74 Å². The zero-order valence-corrected chi connectivity index (χ0v) is 19.3. The molecule has 0 saturated heterocycles. The average molecular weight is 477 g/mol. The Hall–Kier alpha value is -2.89. The summed E-state index contributed by atoms with van der Waals surface area (Å²) in [5.41, 5.74) is 0.711. The maximum absolute atomic E-state index is 13.0. The number of methoxy groups -OCH3 is 1. The molecule has 31 heavy (non-hydrogen) atoms. The van der Waals surface area contributed by atoms with E-state index >= 15 is 0 Å². The fourth-order valence-corrected chi connectivity index (χ4v) is 5.29. The molecule has 11 heteroatoms. The third-order valence-electron chi connectivity index (χ3n) is 4.15. The van der Waals surface area contributed by atoms with Crippen molar-refractivity contribution in [1.82, 2.24) is 10.2 Å². The van der Waals surface area contributed by atoms with Crippen molar-refractivity contribution in [2.75, 3.05) is 29.5 Å². The van der Waals surface area contributed by atoms with E-state index in [2.05, 4.69) is 22.1 Å². The molecular formula is C20H20N4O4S3. The summed E-state index contributed by atoms with van der Waals surface area (Å²) in [6, 6.07) is 12.5. The Bertz CT molecular complexity index is 1180. The number of ether oxygens (including phenoxy) is 1. The Labute approximate surface area is 189 Å². The van der Waals surface area contributed by atoms with Gasteiger partial charge in [-0.05, 0) is 36.4 Å². The predicted molar refractivity (Wildman–Crippen MR) is 124 cm³/mol. The molecule has 1 heterocycles. The molecule has 0 atom stereocenters. The summed E-state index contributed by atoms with van der Waals surface area (Å²) in [6.45, 7) is 3.65. The standard InChI is InChI=1S/C20H20N4O4S3/c1-4-13-29-20-23-22-19(30-20)21-18(25)14-9-11-15(12-10-14)31(26,27)24(2)16-7-5-6-8-17(16)28-3/h4-12H,1,13H2,2-3H3,(H,21,22,25). The summed E-state index contributed by atoms with van der Waals surface area (Å²) in [7, 11) is -0.913. The summed E-state index contributed by atoms with van der Waals surface area (Å²) in [6.07, 6.45) is 1.76. The smallest absolute Gasteiger partial charge is 0.264 e. The molecule has 8 nitrogen and oxygen atoms in total. The number of para-hydroxylation sites is 2. The van der Waals surface area contributed by atoms with Gasteiger partial charge in [0.05, 0.1) is 17.7 Å². The van der Waals surface area contributed by atoms with E-state index in [4.69, 9.17) is 4.74 Å². The molecule has 0 aliphatic rings. The molecule has 2 aromatic carbocycles. The van der Waals surface area contributed by atoms with Crippen molar-refractivity contribution in [3.8, 4) is 5.75 Å². The van der Waals surface area contributed by atoms with Gasteiger partial charge in [0.25, 0.3) is 15.9 Å². The molecule has 1 amide bonds. The minimum atomic E-state index is -3.84. The van der Waals surface area contributed by atoms with Gasteiger partial charge in [-0.25, -0.2) is 8.42 Å². The highest BCUT2D eigenvalue weighted by molar-refractivity contribution is 8.01. The number of anilines is 2. The summed E-state index contributed by atoms with van der Waals surface area (Å²) >= 11 is 2.72. The molecule has 0 aliphatic heterocycles. The molecule has 0 aliphatic carbocycles. The third-order valence-corrected chi connectivity index (χ3v) is 7.90. The Morgan fingerprint density at radius 3 is 2.61 bits per heavy atom. The lowest BCUT2D eigenvalue weighted by molar-refractivity contribution is 0.102. The lowest BCUT2D eigenvalue weighted by atomic mass is 10.2. The van der Waals surface area contributed by atoms with Gasteiger partial charge in [0.2, 0.25) is 5.13 Å². The van der Waals surface area contributed by atoms with Crippen LogP contribution >= 0.6 is 23.1 Å². The lowest BCUT2D eigenvalue weighted by Crippen LogP contribution is -2.27. The predicted octanol–water partition coefficient (Wildman–Crippen LogP) is 3.90. The first-order valence-corrected chi connectivity index (χ1v) is 12.2. The van der Waals surface area contributed by atoms with Gasteiger partial charge in [0.1, 0.15) is 5.75 Å². The Kier molecular flexibility index (Phi) is 7.31. The number of rotatable bonds is 9. The molecule has 0 bridgehead atoms. The van der Waals surface area contributed by atoms with Crippen molar-refractivity contribution < 1.29 is 17.9 Å². The van der Waals surface area contributed by atoms with E-state index in [1.54, 1.807) is 30.3 Å². The van der Waals surface area contributed by atoms with Gasteiger partial charge in [-0.15, -0.1) is 16.8 Å². The molecular weight excluding hydrogens is 456 g/mol. The Morgan fingerprint density at radius 2 is 1.94 bits per heavy atom. The number of nitrogens with one attached hydrogen (secondary N) is 1. The van der Waals surface area contributed by atoms with Crippen molar-refractivity contribution in [2.45, 2.75) is 9.24 Å². The zero-order valence-electron chi connectivity index (χ0n) is 16.8. The number of hydrogen-bond donors (Lipinski definition) is 1. The van der Waals surface area contributed by atoms with Crippen LogP contribution < -0.4 is 14.4 Å². The fourth-order valence-electron chi connectivity index (χ4n) is 2.57. The second-order valence-electron chi connectivity index (χ2n) is 6.10. The van der Waals surface area contributed by atoms with Crippen LogP contribution in [0.5, 0.6) is 5.75 Å². The minimum absolute atomic E-state index is 0.0523. The van der Waals surface area contributed by atoms with Gasteiger partial charge in [-0.2, -0.15) is 0 Å². The molecule has 1 N–H and O–H groups in total. The molecule has 0 spiro atoms. The minimum Gasteiger partial charge on any atom is -0.495 e. The number of nitrogens with zero attached hydrogens (tertiary/aromatic N) is 3. The fraction of sp³-hybridized carbons (Fsp3) is 0.150. The number of thioether (sulfide) groups is 1. The molecule has 3 rings (SSSR count). The summed E-state index contributed by atoms with van der Waals surface area (Å²) in [5, 5.41) is 10.9. The van der Waals surface area contributed by atoms with Crippen molar-refractivity contribution >= 4 is 49.8 Å². The van der Waals surface area contributed by atoms with Gasteiger partial charge in [-0.3, -0.25) is 14.4 Å². The maximum atomic E-state index is 13.0. The molecule has 3 aromatic rings. The van der Waals surface area contributed by atoms with Crippen molar-refractivity contribution in [3.05, 3.63) is 66.7 Å². The molecule has 0 radical (unpaired) electrons. The second-order valence-corrected chi connectivity index (χ2v) is 10.3. The van der Waals surface area contributed by atoms with Gasteiger partial charge in [-0.1, -0.05) is 41.3 Å². The second kappa shape index (κ2) is 9.94. The van der Waals surface area contributed by atoms with E-state index in [1.165, 1.54) is 61.5 Å². The van der Waals surface area contributed by atoms with E-state index in [-0.39, 0.29) is 4.90 Å². The molecule has 1 aromatic heterocycles. The Balaban J connectivity index is 1.74. The van der Waals surface area contributed by atoms with Crippen LogP contribution in [0, 0.1) is 0 Å². The number of aromatic nitrogens is 2. The van der Waals surface area contributed by atoms with Crippen LogP contribution in [0.15, 0.2) is 70.4 Å². The first-order valence-electron chi connectivity index (χ1n) is 8.97. The van der Waals surface area contributed by atoms with Crippen molar-refractivity contribution in [3.63, 3.8) is 0 Å². The van der Waals surface area contributed by atoms with Crippen LogP contribution in [0.2, 0.25) is 0 Å². The maximum Gasteiger partial charge on any atom is 0.264 e. The van der Waals surface area contributed by atoms with Crippen LogP contribution in [0.3, 0.4) is 0 Å². The first kappa shape index (κ1) is 22.8. The molecule has 0 fully saturated rings. The summed E-state index contributed by atoms with van der Waals surface area (Å²) in [4.78, 5) is 12.5. The largest absolute Gasteiger partial charge is 0.495 e. The normalized spacial score (nSPS) is 11.0. The third kappa shape index (κ3) is 5.24. The highest BCUT2D eigenvalue weighted by Gasteiger charge is 2.24. The highest BCUT2D eigenvalue weighted by Crippen LogP contribution is 2.31. The van der Waals surface area contributed by atoms with E-state index in [9.17, 15) is 13.2 Å². The van der Waals surface area contributed by atoms with Crippen molar-refractivity contribution in [2.24, 2.45) is 0 Å². The van der Waals surface area contributed by atoms with Crippen LogP contribution in [0.1, 0.15) is 10.4 Å². The van der Waals surface area contributed by atoms with Crippen LogP contribution in [0.25, 0.3) is 0 Å². The van der Waals surface area contributed by atoms with E-state index in [0.717, 1.165) is 8.64 Å². The zero-order chi connectivity index (χ0) is 22.4. The quantitative estimate of drug-likeness (QED) is 0.284. The lowest BCUT2D eigenvalue weighted by Gasteiger charge is -2.21. The topological polar surface area (TPSA) is 101 Å². The number of benzene rings is 2. The van der Waals surface area contributed by atoms with Gasteiger partial charge >= 0.3 is 0 Å². The SMILES string of the molecule is C=CCSc1nnc(NC(=O)c2ccc(S(=O)(=O)N(C)c3ccccc3OC)cc2)s1. The van der Waals surface area contributed by atoms with Crippen LogP contribution in [0.4, 0.5) is 10.8 Å². The summed E-state index contributed by atoms with van der Waals surface area (Å²) < 4.78 is 33.1. The number of carbonyl (C=O) groups excluding carboxylic acids is 1. The molecule has 0 saturated carbocycles. The Morgan fingerprint density at radius 1 is 1.23 bits per heavy atom. The molecule has 0 unspecified atom stereocenters. The number of hydrogen-bond acceptors (Lipinski definition) is 8. The average Bonchev–Trinajstić information content (AvgIpc) is 3.24. The van der Waals surface area contributed by atoms with Crippen LogP contribution in [-0.4, -0.2) is 44.4 Å². The van der Waals surface area contributed by atoms with Gasteiger partial charge in [0.15, 0.2) is 4.34 Å². The van der Waals surface area contributed by atoms with E-state index in [1.807, 2.05) is 0 Å². The number of amides is 1. The van der Waals surface area contributed by atoms with Gasteiger partial charge in [0, 0.05) is 18.4 Å². The van der Waals surface area contributed by atoms with E-state index < -0.39 is 15.9 Å². The van der Waals surface area contributed by atoms with E-state index in [0.29, 0.717) is 27.9 Å². The highest BCUT2D eigenvalue weighted by atomic mass is 32.2. The number of carbonyl (C=O) groups is 1. The number of sulfonamides is 1. The summed E-state index contributed by atoms with van der Waals surface area (Å²) in [5.74, 6) is 0.729.